The molecule has 2 aromatic heterocycles. The molecule has 218 valence electrons. The Morgan fingerprint density at radius 1 is 1.10 bits per heavy atom. The van der Waals surface area contributed by atoms with Gasteiger partial charge >= 0.3 is 5.97 Å². The molecule has 2 aromatic carbocycles. The minimum atomic E-state index is -0.404. The third-order valence-electron chi connectivity index (χ3n) is 6.71. The highest BCUT2D eigenvalue weighted by atomic mass is 32.2. The Labute approximate surface area is 251 Å². The summed E-state index contributed by atoms with van der Waals surface area (Å²) >= 11 is 2.67. The SMILES string of the molecule is CCOC(=O)c1c(NC(=O)CSc2nnc(CNC(=O)c3ccccc3OC)n2-c2cccc(C)c2)sc2c1CCC2. The molecule has 0 atom stereocenters. The average Bonchev–Trinajstić information content (AvgIpc) is 3.69. The zero-order valence-electron chi connectivity index (χ0n) is 23.6. The molecule has 4 aromatic rings. The lowest BCUT2D eigenvalue weighted by atomic mass is 10.1. The van der Waals surface area contributed by atoms with E-state index in [1.54, 1.807) is 31.2 Å². The summed E-state index contributed by atoms with van der Waals surface area (Å²) in [5.41, 5.74) is 3.72. The van der Waals surface area contributed by atoms with E-state index in [2.05, 4.69) is 20.8 Å². The van der Waals surface area contributed by atoms with Crippen LogP contribution in [0.4, 0.5) is 5.00 Å². The van der Waals surface area contributed by atoms with Crippen molar-refractivity contribution in [1.82, 2.24) is 20.1 Å². The Kier molecular flexibility index (Phi) is 9.23. The number of rotatable bonds is 11. The van der Waals surface area contributed by atoms with Gasteiger partial charge in [0.2, 0.25) is 5.91 Å². The van der Waals surface area contributed by atoms with Crippen molar-refractivity contribution in [3.05, 3.63) is 81.5 Å². The number of hydrogen-bond acceptors (Lipinski definition) is 9. The standard InChI is InChI=1S/C30H31N5O5S2/c1-4-40-29(38)26-21-12-8-14-23(21)42-28(26)32-25(36)17-41-30-34-33-24(35(30)19-10-7-9-18(2)15-19)16-31-27(37)20-11-5-6-13-22(20)39-3/h5-7,9-11,13,15H,4,8,12,14,16-17H2,1-3H3,(H,31,37)(H,32,36). The van der Waals surface area contributed by atoms with Crippen LogP contribution in [0.5, 0.6) is 5.75 Å². The fraction of sp³-hybridized carbons (Fsp3) is 0.300. The number of thiophene rings is 1. The number of ether oxygens (including phenoxy) is 2. The molecule has 42 heavy (non-hydrogen) atoms. The Hall–Kier alpha value is -4.16. The topological polar surface area (TPSA) is 124 Å². The number of methoxy groups -OCH3 is 1. The van der Waals surface area contributed by atoms with Crippen molar-refractivity contribution >= 4 is 45.9 Å². The van der Waals surface area contributed by atoms with E-state index in [0.717, 1.165) is 41.0 Å². The van der Waals surface area contributed by atoms with Gasteiger partial charge in [0.15, 0.2) is 11.0 Å². The van der Waals surface area contributed by atoms with Crippen molar-refractivity contribution in [2.45, 2.75) is 44.8 Å². The van der Waals surface area contributed by atoms with Crippen molar-refractivity contribution < 1.29 is 23.9 Å². The number of thioether (sulfide) groups is 1. The molecule has 2 amide bonds. The Bertz CT molecular complexity index is 1630. The van der Waals surface area contributed by atoms with Gasteiger partial charge in [-0.3, -0.25) is 14.2 Å². The Morgan fingerprint density at radius 2 is 1.93 bits per heavy atom. The van der Waals surface area contributed by atoms with Crippen LogP contribution < -0.4 is 15.4 Å². The number of nitrogens with one attached hydrogen (secondary N) is 2. The third kappa shape index (κ3) is 6.34. The van der Waals surface area contributed by atoms with Crippen LogP contribution in [-0.2, 0) is 28.9 Å². The predicted octanol–water partition coefficient (Wildman–Crippen LogP) is 4.97. The van der Waals surface area contributed by atoms with Crippen molar-refractivity contribution in [3.63, 3.8) is 0 Å². The van der Waals surface area contributed by atoms with Crippen molar-refractivity contribution in [1.29, 1.82) is 0 Å². The lowest BCUT2D eigenvalue weighted by molar-refractivity contribution is -0.113. The molecule has 12 heteroatoms. The summed E-state index contributed by atoms with van der Waals surface area (Å²) in [6.07, 6.45) is 2.70. The summed E-state index contributed by atoms with van der Waals surface area (Å²) in [5.74, 6) is 0.0438. The fourth-order valence-corrected chi connectivity index (χ4v) is 6.89. The van der Waals surface area contributed by atoms with Crippen LogP contribution in [0, 0.1) is 6.92 Å². The number of nitrogens with zero attached hydrogens (tertiary/aromatic N) is 3. The van der Waals surface area contributed by atoms with Crippen LogP contribution in [0.3, 0.4) is 0 Å². The lowest BCUT2D eigenvalue weighted by Gasteiger charge is -2.12. The second-order valence-electron chi connectivity index (χ2n) is 9.57. The number of para-hydroxylation sites is 1. The second-order valence-corrected chi connectivity index (χ2v) is 11.6. The zero-order chi connectivity index (χ0) is 29.6. The number of esters is 1. The number of carbonyl (C=O) groups excluding carboxylic acids is 3. The number of aromatic nitrogens is 3. The van der Waals surface area contributed by atoms with E-state index < -0.39 is 5.97 Å². The summed E-state index contributed by atoms with van der Waals surface area (Å²) in [6, 6.07) is 14.8. The van der Waals surface area contributed by atoms with Gasteiger partial charge in [-0.05, 0) is 68.5 Å². The molecule has 0 unspecified atom stereocenters. The molecule has 1 aliphatic carbocycles. The third-order valence-corrected chi connectivity index (χ3v) is 8.84. The molecular weight excluding hydrogens is 574 g/mol. The molecule has 0 saturated carbocycles. The summed E-state index contributed by atoms with van der Waals surface area (Å²) in [4.78, 5) is 39.8. The quantitative estimate of drug-likeness (QED) is 0.181. The molecule has 0 spiro atoms. The second kappa shape index (κ2) is 13.2. The molecule has 10 nitrogen and oxygen atoms in total. The molecule has 1 aliphatic rings. The van der Waals surface area contributed by atoms with E-state index in [9.17, 15) is 14.4 Å². The summed E-state index contributed by atoms with van der Waals surface area (Å²) < 4.78 is 12.4. The van der Waals surface area contributed by atoms with E-state index in [0.29, 0.717) is 32.9 Å². The highest BCUT2D eigenvalue weighted by molar-refractivity contribution is 7.99. The van der Waals surface area contributed by atoms with Crippen LogP contribution in [0.1, 0.15) is 55.9 Å². The number of amides is 2. The predicted molar refractivity (Wildman–Crippen MR) is 162 cm³/mol. The van der Waals surface area contributed by atoms with E-state index in [4.69, 9.17) is 9.47 Å². The molecule has 0 saturated heterocycles. The van der Waals surface area contributed by atoms with Crippen LogP contribution >= 0.6 is 23.1 Å². The van der Waals surface area contributed by atoms with Gasteiger partial charge in [-0.15, -0.1) is 21.5 Å². The molecule has 0 radical (unpaired) electrons. The first kappa shape index (κ1) is 29.3. The largest absolute Gasteiger partial charge is 0.496 e. The van der Waals surface area contributed by atoms with Gasteiger partial charge in [0.25, 0.3) is 5.91 Å². The minimum Gasteiger partial charge on any atom is -0.496 e. The highest BCUT2D eigenvalue weighted by Crippen LogP contribution is 2.39. The van der Waals surface area contributed by atoms with Gasteiger partial charge in [0, 0.05) is 10.6 Å². The zero-order valence-corrected chi connectivity index (χ0v) is 25.2. The average molecular weight is 606 g/mol. The normalized spacial score (nSPS) is 12.1. The van der Waals surface area contributed by atoms with Gasteiger partial charge in [-0.2, -0.15) is 0 Å². The first-order chi connectivity index (χ1) is 20.4. The smallest absolute Gasteiger partial charge is 0.341 e. The molecule has 2 N–H and O–H groups in total. The molecule has 0 aliphatic heterocycles. The van der Waals surface area contributed by atoms with Gasteiger partial charge in [-0.1, -0.05) is 36.0 Å². The van der Waals surface area contributed by atoms with Crippen LogP contribution in [-0.4, -0.2) is 52.0 Å². The van der Waals surface area contributed by atoms with Gasteiger partial charge < -0.3 is 20.1 Å². The van der Waals surface area contributed by atoms with E-state index in [-0.39, 0.29) is 30.7 Å². The summed E-state index contributed by atoms with van der Waals surface area (Å²) in [7, 11) is 1.52. The maximum atomic E-state index is 13.1. The maximum absolute atomic E-state index is 13.1. The van der Waals surface area contributed by atoms with Gasteiger partial charge in [-0.25, -0.2) is 4.79 Å². The Balaban J connectivity index is 1.33. The van der Waals surface area contributed by atoms with Crippen molar-refractivity contribution in [3.8, 4) is 11.4 Å². The molecule has 0 bridgehead atoms. The van der Waals surface area contributed by atoms with Crippen molar-refractivity contribution in [2.24, 2.45) is 0 Å². The number of benzene rings is 2. The monoisotopic (exact) mass is 605 g/mol. The highest BCUT2D eigenvalue weighted by Gasteiger charge is 2.28. The molecular formula is C30H31N5O5S2. The number of aryl methyl sites for hydroxylation is 2. The maximum Gasteiger partial charge on any atom is 0.341 e. The van der Waals surface area contributed by atoms with Gasteiger partial charge in [0.1, 0.15) is 10.8 Å². The molecule has 2 heterocycles. The number of carbonyl (C=O) groups is 3. The van der Waals surface area contributed by atoms with Crippen LogP contribution in [0.25, 0.3) is 5.69 Å². The summed E-state index contributed by atoms with van der Waals surface area (Å²) in [5, 5.41) is 15.5. The first-order valence-corrected chi connectivity index (χ1v) is 15.4. The minimum absolute atomic E-state index is 0.0440. The summed E-state index contributed by atoms with van der Waals surface area (Å²) in [6.45, 7) is 4.12. The number of fused-ring (bicyclic) bond motifs is 1. The van der Waals surface area contributed by atoms with Crippen LogP contribution in [0.2, 0.25) is 0 Å². The van der Waals surface area contributed by atoms with Crippen LogP contribution in [0.15, 0.2) is 53.7 Å². The van der Waals surface area contributed by atoms with Gasteiger partial charge in [0.05, 0.1) is 37.1 Å². The number of hydrogen-bond donors (Lipinski definition) is 2. The van der Waals surface area contributed by atoms with E-state index >= 15 is 0 Å². The molecule has 0 fully saturated rings. The van der Waals surface area contributed by atoms with E-state index in [1.165, 1.54) is 30.2 Å². The lowest BCUT2D eigenvalue weighted by Crippen LogP contribution is -2.25. The number of anilines is 1. The van der Waals surface area contributed by atoms with Crippen molar-refractivity contribution in [2.75, 3.05) is 24.8 Å². The fourth-order valence-electron chi connectivity index (χ4n) is 4.83. The Morgan fingerprint density at radius 3 is 2.71 bits per heavy atom. The first-order valence-electron chi connectivity index (χ1n) is 13.6. The molecule has 5 rings (SSSR count). The van der Waals surface area contributed by atoms with E-state index in [1.807, 2.05) is 35.8 Å².